The van der Waals surface area contributed by atoms with Gasteiger partial charge in [0, 0.05) is 30.6 Å². The van der Waals surface area contributed by atoms with E-state index in [2.05, 4.69) is 4.99 Å². The first-order chi connectivity index (χ1) is 9.19. The molecule has 4 N–H and O–H groups in total. The second-order valence-electron chi connectivity index (χ2n) is 4.01. The van der Waals surface area contributed by atoms with Gasteiger partial charge in [-0.25, -0.2) is 4.99 Å². The highest BCUT2D eigenvalue weighted by Crippen LogP contribution is 2.07. The molecule has 0 bridgehead atoms. The zero-order valence-electron chi connectivity index (χ0n) is 11.1. The fourth-order valence-corrected chi connectivity index (χ4v) is 2.02. The summed E-state index contributed by atoms with van der Waals surface area (Å²) in [6, 6.07) is 5.66. The highest BCUT2D eigenvalue weighted by molar-refractivity contribution is 6.17. The number of hydrogen-bond donors (Lipinski definition) is 4. The van der Waals surface area contributed by atoms with Gasteiger partial charge in [0.1, 0.15) is 5.84 Å². The Morgan fingerprint density at radius 3 is 2.32 bits per heavy atom. The van der Waals surface area contributed by atoms with Crippen molar-refractivity contribution in [3.63, 3.8) is 0 Å². The molecule has 5 heteroatoms. The maximum Gasteiger partial charge on any atom is 0.149 e. The first kappa shape index (κ1) is 15.5. The molecule has 1 aliphatic heterocycles. The van der Waals surface area contributed by atoms with Crippen LogP contribution < -0.4 is 10.6 Å². The Morgan fingerprint density at radius 1 is 1.11 bits per heavy atom. The van der Waals surface area contributed by atoms with E-state index in [1.807, 2.05) is 18.2 Å². The van der Waals surface area contributed by atoms with Crippen LogP contribution in [0.3, 0.4) is 0 Å². The fourth-order valence-electron chi connectivity index (χ4n) is 2.02. The van der Waals surface area contributed by atoms with Crippen LogP contribution in [-0.2, 0) is 6.42 Å². The fraction of sp³-hybridized carbons (Fsp3) is 0.429. The number of amidine groups is 1. The lowest BCUT2D eigenvalue weighted by Gasteiger charge is -2.02. The van der Waals surface area contributed by atoms with Crippen molar-refractivity contribution in [2.75, 3.05) is 19.8 Å². The number of nitrogens with zero attached hydrogens (tertiary/aromatic N) is 1. The standard InChI is InChI=1S/C12H14N2O2.C2H6O/c13-12-9(5-7-16)11-8(4-6-15)2-1-3-10(11)14-12;1-2-3/h1-3,13,15-16H,4-7H2;3H,2H2,1H3. The number of benzene rings is 1. The minimum atomic E-state index is 0.0140. The number of hydrogen-bond acceptors (Lipinski definition) is 4. The Kier molecular flexibility index (Phi) is 6.35. The van der Waals surface area contributed by atoms with Gasteiger partial charge < -0.3 is 15.3 Å². The van der Waals surface area contributed by atoms with Gasteiger partial charge in [-0.2, -0.15) is 0 Å². The van der Waals surface area contributed by atoms with Crippen molar-refractivity contribution in [3.8, 4) is 0 Å². The van der Waals surface area contributed by atoms with Crippen LogP contribution in [0.2, 0.25) is 0 Å². The molecule has 0 radical (unpaired) electrons. The summed E-state index contributed by atoms with van der Waals surface area (Å²) >= 11 is 0. The van der Waals surface area contributed by atoms with Crippen LogP contribution in [-0.4, -0.2) is 41.0 Å². The maximum atomic E-state index is 8.99. The Morgan fingerprint density at radius 2 is 1.74 bits per heavy atom. The van der Waals surface area contributed by atoms with Crippen LogP contribution in [0.5, 0.6) is 0 Å². The molecule has 0 atom stereocenters. The van der Waals surface area contributed by atoms with Gasteiger partial charge in [-0.05, 0) is 31.4 Å². The van der Waals surface area contributed by atoms with Crippen LogP contribution in [0.15, 0.2) is 23.2 Å². The van der Waals surface area contributed by atoms with Crippen molar-refractivity contribution >= 4 is 11.4 Å². The van der Waals surface area contributed by atoms with Crippen molar-refractivity contribution in [2.24, 2.45) is 4.99 Å². The number of nitrogens with one attached hydrogen (secondary N) is 1. The second kappa shape index (κ2) is 7.78. The second-order valence-corrected chi connectivity index (χ2v) is 4.01. The van der Waals surface area contributed by atoms with Crippen molar-refractivity contribution in [3.05, 3.63) is 34.3 Å². The summed E-state index contributed by atoms with van der Waals surface area (Å²) in [7, 11) is 0. The summed E-state index contributed by atoms with van der Waals surface area (Å²) in [5.41, 5.74) is 1.77. The molecule has 19 heavy (non-hydrogen) atoms. The Bertz CT molecular complexity index is 552. The van der Waals surface area contributed by atoms with E-state index in [0.717, 1.165) is 21.7 Å². The largest absolute Gasteiger partial charge is 0.397 e. The summed E-state index contributed by atoms with van der Waals surface area (Å²) in [6.45, 7) is 2.02. The predicted octanol–water partition coefficient (Wildman–Crippen LogP) is -0.636. The van der Waals surface area contributed by atoms with Gasteiger partial charge in [0.15, 0.2) is 0 Å². The average Bonchev–Trinajstić information content (AvgIpc) is 2.69. The number of aliphatic hydroxyl groups is 3. The lowest BCUT2D eigenvalue weighted by atomic mass is 10.0. The smallest absolute Gasteiger partial charge is 0.149 e. The third kappa shape index (κ3) is 3.70. The molecule has 1 aromatic rings. The maximum absolute atomic E-state index is 8.99. The van der Waals surface area contributed by atoms with Gasteiger partial charge in [0.2, 0.25) is 0 Å². The molecule has 1 aromatic carbocycles. The van der Waals surface area contributed by atoms with Crippen LogP contribution in [0.4, 0.5) is 0 Å². The molecule has 0 aromatic heterocycles. The van der Waals surface area contributed by atoms with E-state index >= 15 is 0 Å². The molecule has 104 valence electrons. The normalized spacial score (nSPS) is 12.6. The Balaban J connectivity index is 0.000000550. The Hall–Kier alpha value is -1.56. The molecule has 0 amide bonds. The molecule has 1 heterocycles. The number of fused-ring (bicyclic) bond motifs is 1. The van der Waals surface area contributed by atoms with Crippen LogP contribution in [0.25, 0.3) is 5.57 Å². The molecule has 1 aliphatic rings. The van der Waals surface area contributed by atoms with E-state index in [0.29, 0.717) is 12.8 Å². The van der Waals surface area contributed by atoms with Crippen molar-refractivity contribution in [1.29, 1.82) is 5.41 Å². The summed E-state index contributed by atoms with van der Waals surface area (Å²) in [5, 5.41) is 35.0. The molecule has 0 saturated carbocycles. The predicted molar refractivity (Wildman–Crippen MR) is 73.6 cm³/mol. The molecule has 0 fully saturated rings. The quantitative estimate of drug-likeness (QED) is 0.582. The van der Waals surface area contributed by atoms with Gasteiger partial charge in [-0.15, -0.1) is 0 Å². The van der Waals surface area contributed by atoms with Gasteiger partial charge in [0.05, 0.1) is 5.36 Å². The molecule has 5 nitrogen and oxygen atoms in total. The first-order valence-corrected chi connectivity index (χ1v) is 6.30. The number of aliphatic hydroxyl groups excluding tert-OH is 3. The van der Waals surface area contributed by atoms with E-state index in [1.165, 1.54) is 0 Å². The van der Waals surface area contributed by atoms with Crippen LogP contribution >= 0.6 is 0 Å². The average molecular weight is 264 g/mol. The van der Waals surface area contributed by atoms with Crippen LogP contribution in [0, 0.1) is 5.41 Å². The summed E-state index contributed by atoms with van der Waals surface area (Å²) in [5.74, 6) is 0.231. The highest BCUT2D eigenvalue weighted by Gasteiger charge is 2.14. The molecule has 0 spiro atoms. The molecule has 2 rings (SSSR count). The van der Waals surface area contributed by atoms with Crippen LogP contribution in [0.1, 0.15) is 18.9 Å². The molecule has 0 unspecified atom stereocenters. The molecular weight excluding hydrogens is 244 g/mol. The van der Waals surface area contributed by atoms with E-state index in [4.69, 9.17) is 20.7 Å². The van der Waals surface area contributed by atoms with Gasteiger partial charge >= 0.3 is 0 Å². The van der Waals surface area contributed by atoms with E-state index in [9.17, 15) is 0 Å². The summed E-state index contributed by atoms with van der Waals surface area (Å²) in [4.78, 5) is 4.15. The minimum absolute atomic E-state index is 0.0140. The lowest BCUT2D eigenvalue weighted by Crippen LogP contribution is -2.28. The summed E-state index contributed by atoms with van der Waals surface area (Å²) in [6.07, 6.45) is 0.999. The first-order valence-electron chi connectivity index (χ1n) is 6.30. The van der Waals surface area contributed by atoms with Gasteiger partial charge in [-0.3, -0.25) is 5.41 Å². The van der Waals surface area contributed by atoms with Crippen molar-refractivity contribution < 1.29 is 15.3 Å². The monoisotopic (exact) mass is 264 g/mol. The third-order valence-electron chi connectivity index (χ3n) is 2.69. The van der Waals surface area contributed by atoms with E-state index < -0.39 is 0 Å². The topological polar surface area (TPSA) is 96.9 Å². The zero-order valence-corrected chi connectivity index (χ0v) is 11.1. The Labute approximate surface area is 112 Å². The minimum Gasteiger partial charge on any atom is -0.397 e. The van der Waals surface area contributed by atoms with Crippen molar-refractivity contribution in [2.45, 2.75) is 19.8 Å². The van der Waals surface area contributed by atoms with Crippen molar-refractivity contribution in [1.82, 2.24) is 0 Å². The zero-order chi connectivity index (χ0) is 14.3. The SMILES string of the molecule is CCO.N=C1N=c2cccc(CCO)c2=C1CCO. The number of rotatable bonds is 4. The van der Waals surface area contributed by atoms with E-state index in [-0.39, 0.29) is 25.7 Å². The summed E-state index contributed by atoms with van der Waals surface area (Å²) < 4.78 is 0. The molecule has 0 aliphatic carbocycles. The lowest BCUT2D eigenvalue weighted by molar-refractivity contribution is 0.299. The molecule has 0 saturated heterocycles. The van der Waals surface area contributed by atoms with Gasteiger partial charge in [-0.1, -0.05) is 12.1 Å². The highest BCUT2D eigenvalue weighted by atomic mass is 16.3. The van der Waals surface area contributed by atoms with Gasteiger partial charge in [0.25, 0.3) is 0 Å². The van der Waals surface area contributed by atoms with E-state index in [1.54, 1.807) is 6.92 Å². The molecular formula is C14H20N2O3. The third-order valence-corrected chi connectivity index (χ3v) is 2.69.